The van der Waals surface area contributed by atoms with Gasteiger partial charge in [-0.25, -0.2) is 0 Å². The summed E-state index contributed by atoms with van der Waals surface area (Å²) in [5, 5.41) is 11.4. The molecule has 0 rings (SSSR count). The summed E-state index contributed by atoms with van der Waals surface area (Å²) in [5.41, 5.74) is -0.485. The van der Waals surface area contributed by atoms with Crippen molar-refractivity contribution < 1.29 is 9.53 Å². The molecule has 0 amide bonds. The fourth-order valence-corrected chi connectivity index (χ4v) is 1.28. The van der Waals surface area contributed by atoms with Gasteiger partial charge in [-0.2, -0.15) is 5.26 Å². The normalized spacial score (nSPS) is 13.3. The van der Waals surface area contributed by atoms with Crippen LogP contribution >= 0.6 is 0 Å². The van der Waals surface area contributed by atoms with Gasteiger partial charge in [0, 0.05) is 0 Å². The van der Waals surface area contributed by atoms with Crippen LogP contribution in [0.5, 0.6) is 0 Å². The van der Waals surface area contributed by atoms with Gasteiger partial charge in [0.2, 0.25) is 0 Å². The highest BCUT2D eigenvalue weighted by Gasteiger charge is 2.25. The number of carbonyl (C=O) groups is 1. The lowest BCUT2D eigenvalue weighted by Crippen LogP contribution is -2.42. The van der Waals surface area contributed by atoms with Gasteiger partial charge < -0.3 is 4.74 Å². The van der Waals surface area contributed by atoms with Crippen molar-refractivity contribution in [1.82, 2.24) is 5.32 Å². The van der Waals surface area contributed by atoms with Gasteiger partial charge in [-0.05, 0) is 33.1 Å². The standard InChI is InChI=1S/C12H22N2O2/c1-9(2)8-10(14-7-6-13)11(15)16-12(3,4)5/h9-10,14H,7-8H2,1-5H3/t10-/m0/s1. The number of ether oxygens (including phenoxy) is 1. The summed E-state index contributed by atoms with van der Waals surface area (Å²) >= 11 is 0. The molecular weight excluding hydrogens is 204 g/mol. The number of esters is 1. The second-order valence-electron chi connectivity index (χ2n) is 5.25. The number of carbonyl (C=O) groups excluding carboxylic acids is 1. The molecule has 0 unspecified atom stereocenters. The van der Waals surface area contributed by atoms with Crippen LogP contribution in [-0.4, -0.2) is 24.2 Å². The van der Waals surface area contributed by atoms with Gasteiger partial charge in [-0.1, -0.05) is 13.8 Å². The predicted molar refractivity (Wildman–Crippen MR) is 62.7 cm³/mol. The summed E-state index contributed by atoms with van der Waals surface area (Å²) in [4.78, 5) is 11.8. The maximum Gasteiger partial charge on any atom is 0.323 e. The smallest absolute Gasteiger partial charge is 0.323 e. The second kappa shape index (κ2) is 6.49. The molecule has 1 N–H and O–H groups in total. The first kappa shape index (κ1) is 14.9. The van der Waals surface area contributed by atoms with Crippen LogP contribution in [0.2, 0.25) is 0 Å². The molecule has 1 atom stereocenters. The molecule has 0 heterocycles. The Balaban J connectivity index is 4.38. The molecule has 0 aromatic heterocycles. The molecule has 16 heavy (non-hydrogen) atoms. The third-order valence-corrected chi connectivity index (χ3v) is 1.83. The van der Waals surface area contributed by atoms with Crippen LogP contribution in [0, 0.1) is 17.2 Å². The average Bonchev–Trinajstić information content (AvgIpc) is 2.08. The molecule has 0 saturated heterocycles. The van der Waals surface area contributed by atoms with Crippen molar-refractivity contribution in [3.05, 3.63) is 0 Å². The number of nitrogens with zero attached hydrogens (tertiary/aromatic N) is 1. The van der Waals surface area contributed by atoms with Gasteiger partial charge >= 0.3 is 5.97 Å². The molecule has 0 fully saturated rings. The molecule has 0 saturated carbocycles. The van der Waals surface area contributed by atoms with E-state index in [2.05, 4.69) is 5.32 Å². The SMILES string of the molecule is CC(C)C[C@H](NCC#N)C(=O)OC(C)(C)C. The van der Waals surface area contributed by atoms with Crippen LogP contribution < -0.4 is 5.32 Å². The van der Waals surface area contributed by atoms with Crippen LogP contribution in [-0.2, 0) is 9.53 Å². The van der Waals surface area contributed by atoms with Gasteiger partial charge in [0.15, 0.2) is 0 Å². The molecule has 4 heteroatoms. The molecule has 0 aromatic carbocycles. The lowest BCUT2D eigenvalue weighted by atomic mass is 10.0. The van der Waals surface area contributed by atoms with Gasteiger partial charge in [-0.3, -0.25) is 10.1 Å². The summed E-state index contributed by atoms with van der Waals surface area (Å²) in [7, 11) is 0. The lowest BCUT2D eigenvalue weighted by molar-refractivity contribution is -0.157. The number of nitriles is 1. The molecule has 4 nitrogen and oxygen atoms in total. The Morgan fingerprint density at radius 1 is 1.44 bits per heavy atom. The summed E-state index contributed by atoms with van der Waals surface area (Å²) in [5.74, 6) is 0.0974. The topological polar surface area (TPSA) is 62.1 Å². The van der Waals surface area contributed by atoms with E-state index in [0.29, 0.717) is 12.3 Å². The maximum atomic E-state index is 11.8. The highest BCUT2D eigenvalue weighted by atomic mass is 16.6. The van der Waals surface area contributed by atoms with E-state index in [1.807, 2.05) is 40.7 Å². The van der Waals surface area contributed by atoms with E-state index in [9.17, 15) is 4.79 Å². The summed E-state index contributed by atoms with van der Waals surface area (Å²) in [6, 6.07) is 1.58. The van der Waals surface area contributed by atoms with Crippen LogP contribution in [0.1, 0.15) is 41.0 Å². The van der Waals surface area contributed by atoms with Crippen molar-refractivity contribution in [3.8, 4) is 6.07 Å². The number of hydrogen-bond acceptors (Lipinski definition) is 4. The van der Waals surface area contributed by atoms with Crippen molar-refractivity contribution in [3.63, 3.8) is 0 Å². The van der Waals surface area contributed by atoms with Gasteiger partial charge in [0.25, 0.3) is 0 Å². The highest BCUT2D eigenvalue weighted by Crippen LogP contribution is 2.12. The number of hydrogen-bond donors (Lipinski definition) is 1. The monoisotopic (exact) mass is 226 g/mol. The summed E-state index contributed by atoms with van der Waals surface area (Å²) in [6.07, 6.45) is 0.677. The molecular formula is C12H22N2O2. The molecule has 0 radical (unpaired) electrons. The first-order valence-corrected chi connectivity index (χ1v) is 5.59. The van der Waals surface area contributed by atoms with Gasteiger partial charge in [0.1, 0.15) is 11.6 Å². The zero-order valence-corrected chi connectivity index (χ0v) is 10.8. The number of rotatable bonds is 5. The Kier molecular flexibility index (Phi) is 6.05. The highest BCUT2D eigenvalue weighted by molar-refractivity contribution is 5.76. The van der Waals surface area contributed by atoms with E-state index in [-0.39, 0.29) is 18.6 Å². The summed E-state index contributed by atoms with van der Waals surface area (Å²) in [6.45, 7) is 9.73. The van der Waals surface area contributed by atoms with Crippen LogP contribution in [0.25, 0.3) is 0 Å². The Hall–Kier alpha value is -1.08. The Morgan fingerprint density at radius 3 is 2.38 bits per heavy atom. The van der Waals surface area contributed by atoms with Crippen molar-refractivity contribution in [2.45, 2.75) is 52.7 Å². The molecule has 0 aromatic rings. The average molecular weight is 226 g/mol. The largest absolute Gasteiger partial charge is 0.459 e. The van der Waals surface area contributed by atoms with E-state index >= 15 is 0 Å². The van der Waals surface area contributed by atoms with E-state index in [0.717, 1.165) is 0 Å². The van der Waals surface area contributed by atoms with Gasteiger partial charge in [0.05, 0.1) is 12.6 Å². The molecule has 0 aliphatic heterocycles. The molecule has 92 valence electrons. The minimum Gasteiger partial charge on any atom is -0.459 e. The maximum absolute atomic E-state index is 11.8. The third kappa shape index (κ3) is 7.24. The molecule has 0 aliphatic carbocycles. The van der Waals surface area contributed by atoms with Crippen LogP contribution in [0.4, 0.5) is 0 Å². The minimum absolute atomic E-state index is 0.163. The zero-order chi connectivity index (χ0) is 12.8. The lowest BCUT2D eigenvalue weighted by Gasteiger charge is -2.24. The van der Waals surface area contributed by atoms with E-state index in [1.165, 1.54) is 0 Å². The summed E-state index contributed by atoms with van der Waals surface area (Å²) < 4.78 is 5.29. The molecule has 0 spiro atoms. The van der Waals surface area contributed by atoms with Crippen molar-refractivity contribution in [2.24, 2.45) is 5.92 Å². The molecule has 0 bridgehead atoms. The van der Waals surface area contributed by atoms with E-state index in [1.54, 1.807) is 0 Å². The quantitative estimate of drug-likeness (QED) is 0.574. The first-order chi connectivity index (χ1) is 7.26. The van der Waals surface area contributed by atoms with E-state index in [4.69, 9.17) is 10.00 Å². The fourth-order valence-electron chi connectivity index (χ4n) is 1.28. The van der Waals surface area contributed by atoms with Crippen molar-refractivity contribution in [1.29, 1.82) is 5.26 Å². The predicted octanol–water partition coefficient (Wildman–Crippen LogP) is 1.86. The Bertz CT molecular complexity index is 261. The fraction of sp³-hybridized carbons (Fsp3) is 0.833. The first-order valence-electron chi connectivity index (χ1n) is 5.59. The minimum atomic E-state index is -0.485. The van der Waals surface area contributed by atoms with Crippen LogP contribution in [0.3, 0.4) is 0 Å². The van der Waals surface area contributed by atoms with Gasteiger partial charge in [-0.15, -0.1) is 0 Å². The van der Waals surface area contributed by atoms with Crippen molar-refractivity contribution >= 4 is 5.97 Å². The van der Waals surface area contributed by atoms with E-state index < -0.39 is 5.60 Å². The Labute approximate surface area is 98.0 Å². The second-order valence-corrected chi connectivity index (χ2v) is 5.25. The third-order valence-electron chi connectivity index (χ3n) is 1.83. The Morgan fingerprint density at radius 2 is 2.00 bits per heavy atom. The number of nitrogens with one attached hydrogen (secondary N) is 1. The van der Waals surface area contributed by atoms with Crippen molar-refractivity contribution in [2.75, 3.05) is 6.54 Å². The zero-order valence-electron chi connectivity index (χ0n) is 10.8. The van der Waals surface area contributed by atoms with Crippen LogP contribution in [0.15, 0.2) is 0 Å². The molecule has 0 aliphatic rings.